The molecular formula is C12H22N2O2. The molecule has 0 radical (unpaired) electrons. The lowest BCUT2D eigenvalue weighted by Crippen LogP contribution is -2.39. The molecule has 92 valence electrons. The number of nitrogens with zero attached hydrogens (tertiary/aromatic N) is 2. The minimum absolute atomic E-state index is 0.284. The summed E-state index contributed by atoms with van der Waals surface area (Å²) in [6, 6.07) is 0. The number of aryl methyl sites for hydroxylation is 1. The summed E-state index contributed by atoms with van der Waals surface area (Å²) in [5.74, 6) is 0.641. The van der Waals surface area contributed by atoms with E-state index < -0.39 is 5.60 Å². The van der Waals surface area contributed by atoms with Crippen molar-refractivity contribution in [2.75, 3.05) is 7.11 Å². The van der Waals surface area contributed by atoms with Gasteiger partial charge in [-0.15, -0.1) is 0 Å². The van der Waals surface area contributed by atoms with E-state index in [0.29, 0.717) is 12.3 Å². The van der Waals surface area contributed by atoms with Gasteiger partial charge >= 0.3 is 0 Å². The number of ether oxygens (including phenoxy) is 1. The molecule has 0 fully saturated rings. The fraction of sp³-hybridized carbons (Fsp3) is 0.750. The minimum atomic E-state index is -0.981. The van der Waals surface area contributed by atoms with Crippen LogP contribution in [-0.4, -0.2) is 22.0 Å². The third-order valence-corrected chi connectivity index (χ3v) is 3.25. The zero-order valence-electron chi connectivity index (χ0n) is 11.0. The fourth-order valence-corrected chi connectivity index (χ4v) is 1.60. The first-order valence-electron chi connectivity index (χ1n) is 5.58. The topological polar surface area (TPSA) is 47.3 Å². The summed E-state index contributed by atoms with van der Waals surface area (Å²) in [5, 5.41) is 14.9. The molecule has 4 nitrogen and oxygen atoms in total. The Balaban J connectivity index is 3.35. The largest absolute Gasteiger partial charge is 0.493 e. The normalized spacial score (nSPS) is 15.9. The molecule has 0 aromatic carbocycles. The monoisotopic (exact) mass is 226 g/mol. The van der Waals surface area contributed by atoms with Gasteiger partial charge in [-0.25, -0.2) is 0 Å². The van der Waals surface area contributed by atoms with Crippen molar-refractivity contribution in [3.63, 3.8) is 0 Å². The summed E-state index contributed by atoms with van der Waals surface area (Å²) in [6.07, 6.45) is 1.65. The van der Waals surface area contributed by atoms with Crippen molar-refractivity contribution in [3.8, 4) is 5.75 Å². The van der Waals surface area contributed by atoms with E-state index in [9.17, 15) is 5.11 Å². The van der Waals surface area contributed by atoms with Gasteiger partial charge in [-0.3, -0.25) is 4.68 Å². The minimum Gasteiger partial charge on any atom is -0.493 e. The maximum Gasteiger partial charge on any atom is 0.162 e. The molecule has 0 amide bonds. The first-order chi connectivity index (χ1) is 7.25. The highest BCUT2D eigenvalue weighted by atomic mass is 16.5. The van der Waals surface area contributed by atoms with Gasteiger partial charge in [0.25, 0.3) is 0 Å². The van der Waals surface area contributed by atoms with Crippen molar-refractivity contribution in [2.24, 2.45) is 5.41 Å². The van der Waals surface area contributed by atoms with Gasteiger partial charge in [-0.05, 0) is 19.3 Å². The van der Waals surface area contributed by atoms with Crippen molar-refractivity contribution in [1.82, 2.24) is 9.78 Å². The van der Waals surface area contributed by atoms with Crippen LogP contribution in [0.5, 0.6) is 5.75 Å². The van der Waals surface area contributed by atoms with E-state index in [2.05, 4.69) is 5.10 Å². The zero-order valence-corrected chi connectivity index (χ0v) is 11.0. The molecule has 0 bridgehead atoms. The van der Waals surface area contributed by atoms with Crippen LogP contribution >= 0.6 is 0 Å². The number of rotatable bonds is 3. The van der Waals surface area contributed by atoms with Gasteiger partial charge in [0, 0.05) is 6.54 Å². The molecule has 16 heavy (non-hydrogen) atoms. The van der Waals surface area contributed by atoms with Crippen LogP contribution in [-0.2, 0) is 12.1 Å². The standard InChI is InChI=1S/C12H22N2O2/c1-7-14-10(9(16-6)8-13-14)12(5,15)11(2,3)4/h8,15H,7H2,1-6H3. The molecule has 1 rings (SSSR count). The van der Waals surface area contributed by atoms with Crippen molar-refractivity contribution in [2.45, 2.75) is 46.8 Å². The van der Waals surface area contributed by atoms with Gasteiger partial charge in [0.1, 0.15) is 11.3 Å². The molecule has 1 aromatic heterocycles. The number of hydrogen-bond acceptors (Lipinski definition) is 3. The summed E-state index contributed by atoms with van der Waals surface area (Å²) in [7, 11) is 1.60. The smallest absolute Gasteiger partial charge is 0.162 e. The van der Waals surface area contributed by atoms with Crippen molar-refractivity contribution < 1.29 is 9.84 Å². The summed E-state index contributed by atoms with van der Waals surface area (Å²) >= 11 is 0. The quantitative estimate of drug-likeness (QED) is 0.859. The molecule has 0 spiro atoms. The average molecular weight is 226 g/mol. The molecule has 0 saturated carbocycles. The van der Waals surface area contributed by atoms with E-state index >= 15 is 0 Å². The predicted octanol–water partition coefficient (Wildman–Crippen LogP) is 2.17. The van der Waals surface area contributed by atoms with Crippen molar-refractivity contribution >= 4 is 0 Å². The lowest BCUT2D eigenvalue weighted by Gasteiger charge is -2.37. The van der Waals surface area contributed by atoms with Gasteiger partial charge < -0.3 is 9.84 Å². The summed E-state index contributed by atoms with van der Waals surface area (Å²) in [4.78, 5) is 0. The second kappa shape index (κ2) is 4.09. The van der Waals surface area contributed by atoms with Gasteiger partial charge in [0.15, 0.2) is 5.75 Å². The van der Waals surface area contributed by atoms with Crippen molar-refractivity contribution in [3.05, 3.63) is 11.9 Å². The lowest BCUT2D eigenvalue weighted by molar-refractivity contribution is -0.0556. The van der Waals surface area contributed by atoms with Gasteiger partial charge in [-0.2, -0.15) is 5.10 Å². The maximum atomic E-state index is 10.7. The van der Waals surface area contributed by atoms with Crippen LogP contribution in [0.2, 0.25) is 0 Å². The van der Waals surface area contributed by atoms with E-state index in [4.69, 9.17) is 4.74 Å². The number of hydrogen-bond donors (Lipinski definition) is 1. The Morgan fingerprint density at radius 1 is 1.38 bits per heavy atom. The van der Waals surface area contributed by atoms with E-state index in [-0.39, 0.29) is 5.41 Å². The van der Waals surface area contributed by atoms with E-state index in [1.807, 2.05) is 27.7 Å². The van der Waals surface area contributed by atoms with Crippen LogP contribution in [0.15, 0.2) is 6.20 Å². The third-order valence-electron chi connectivity index (χ3n) is 3.25. The van der Waals surface area contributed by atoms with Gasteiger partial charge in [0.05, 0.1) is 13.3 Å². The molecule has 1 unspecified atom stereocenters. The summed E-state index contributed by atoms with van der Waals surface area (Å²) < 4.78 is 7.05. The molecule has 1 N–H and O–H groups in total. The highest BCUT2D eigenvalue weighted by Crippen LogP contribution is 2.42. The molecule has 0 aliphatic heterocycles. The number of aromatic nitrogens is 2. The third kappa shape index (κ3) is 1.94. The first kappa shape index (κ1) is 13.0. The van der Waals surface area contributed by atoms with E-state index in [0.717, 1.165) is 5.69 Å². The summed E-state index contributed by atoms with van der Waals surface area (Å²) in [6.45, 7) is 10.5. The Morgan fingerprint density at radius 3 is 2.31 bits per heavy atom. The highest BCUT2D eigenvalue weighted by Gasteiger charge is 2.42. The Hall–Kier alpha value is -1.03. The van der Waals surface area contributed by atoms with Gasteiger partial charge in [0.2, 0.25) is 0 Å². The van der Waals surface area contributed by atoms with Crippen LogP contribution in [0, 0.1) is 5.41 Å². The number of aliphatic hydroxyl groups is 1. The SMILES string of the molecule is CCn1ncc(OC)c1C(C)(O)C(C)(C)C. The molecule has 0 aliphatic rings. The Morgan fingerprint density at radius 2 is 1.94 bits per heavy atom. The van der Waals surface area contributed by atoms with E-state index in [1.54, 1.807) is 24.9 Å². The van der Waals surface area contributed by atoms with Crippen molar-refractivity contribution in [1.29, 1.82) is 0 Å². The second-order valence-corrected chi connectivity index (χ2v) is 5.20. The zero-order chi connectivity index (χ0) is 12.6. The maximum absolute atomic E-state index is 10.7. The Labute approximate surface area is 97.2 Å². The molecule has 1 heterocycles. The molecule has 1 aromatic rings. The van der Waals surface area contributed by atoms with Crippen LogP contribution in [0.4, 0.5) is 0 Å². The fourth-order valence-electron chi connectivity index (χ4n) is 1.60. The van der Waals surface area contributed by atoms with Gasteiger partial charge in [-0.1, -0.05) is 20.8 Å². The van der Waals surface area contributed by atoms with Crippen LogP contribution in [0.3, 0.4) is 0 Å². The molecule has 0 aliphatic carbocycles. The average Bonchev–Trinajstić information content (AvgIpc) is 2.58. The van der Waals surface area contributed by atoms with Crippen LogP contribution < -0.4 is 4.74 Å². The first-order valence-corrected chi connectivity index (χ1v) is 5.58. The highest BCUT2D eigenvalue weighted by molar-refractivity contribution is 5.31. The molecular weight excluding hydrogens is 204 g/mol. The summed E-state index contributed by atoms with van der Waals surface area (Å²) in [5.41, 5.74) is -0.525. The Bertz CT molecular complexity index is 340. The second-order valence-electron chi connectivity index (χ2n) is 5.20. The van der Waals surface area contributed by atoms with Crippen LogP contribution in [0.1, 0.15) is 40.3 Å². The molecule has 0 saturated heterocycles. The predicted molar refractivity (Wildman–Crippen MR) is 63.5 cm³/mol. The molecule has 1 atom stereocenters. The Kier molecular flexibility index (Phi) is 3.33. The molecule has 4 heteroatoms. The van der Waals surface area contributed by atoms with Crippen LogP contribution in [0.25, 0.3) is 0 Å². The lowest BCUT2D eigenvalue weighted by atomic mass is 9.75. The number of methoxy groups -OCH3 is 1. The van der Waals surface area contributed by atoms with E-state index in [1.165, 1.54) is 0 Å².